The number of nitrogens with zero attached hydrogens (tertiary/aromatic N) is 1. The average molecular weight is 312 g/mol. The Balaban J connectivity index is 1.98. The van der Waals surface area contributed by atoms with Crippen molar-refractivity contribution < 1.29 is 4.79 Å². The molecule has 0 radical (unpaired) electrons. The van der Waals surface area contributed by atoms with E-state index in [2.05, 4.69) is 0 Å². The fourth-order valence-corrected chi connectivity index (χ4v) is 3.92. The van der Waals surface area contributed by atoms with Gasteiger partial charge in [-0.1, -0.05) is 23.7 Å². The fraction of sp³-hybridized carbons (Fsp3) is 0.214. The molecule has 2 aromatic rings. The lowest BCUT2D eigenvalue weighted by Crippen LogP contribution is -2.20. The van der Waals surface area contributed by atoms with Gasteiger partial charge in [-0.15, -0.1) is 22.9 Å². The van der Waals surface area contributed by atoms with Crippen molar-refractivity contribution in [2.45, 2.75) is 11.8 Å². The molecule has 1 aliphatic rings. The number of hydrogen-bond acceptors (Lipinski definition) is 2. The van der Waals surface area contributed by atoms with E-state index >= 15 is 0 Å². The first-order valence-electron chi connectivity index (χ1n) is 5.84. The number of anilines is 1. The maximum absolute atomic E-state index is 11.7. The normalized spacial score (nSPS) is 15.7. The largest absolute Gasteiger partial charge is 0.315 e. The van der Waals surface area contributed by atoms with Crippen molar-refractivity contribution in [3.05, 3.63) is 50.7 Å². The maximum Gasteiger partial charge on any atom is 0.231 e. The van der Waals surface area contributed by atoms with E-state index in [1.54, 1.807) is 23.3 Å². The molecule has 1 atom stereocenters. The summed E-state index contributed by atoms with van der Waals surface area (Å²) in [7, 11) is 1.79. The van der Waals surface area contributed by atoms with E-state index in [1.165, 1.54) is 0 Å². The first-order valence-corrected chi connectivity index (χ1v) is 7.53. The van der Waals surface area contributed by atoms with Crippen LogP contribution >= 0.6 is 34.5 Å². The van der Waals surface area contributed by atoms with Crippen molar-refractivity contribution in [1.29, 1.82) is 0 Å². The summed E-state index contributed by atoms with van der Waals surface area (Å²) in [5.74, 6) is 0.118. The van der Waals surface area contributed by atoms with Crippen LogP contribution in [0.2, 0.25) is 5.02 Å². The van der Waals surface area contributed by atoms with E-state index in [0.717, 1.165) is 21.7 Å². The summed E-state index contributed by atoms with van der Waals surface area (Å²) in [5, 5.41) is 2.36. The van der Waals surface area contributed by atoms with Gasteiger partial charge in [-0.3, -0.25) is 4.79 Å². The van der Waals surface area contributed by atoms with Crippen LogP contribution in [-0.2, 0) is 11.2 Å². The average Bonchev–Trinajstić information content (AvgIpc) is 2.93. The quantitative estimate of drug-likeness (QED) is 0.759. The summed E-state index contributed by atoms with van der Waals surface area (Å²) in [6.07, 6.45) is 0.446. The minimum atomic E-state index is -0.265. The van der Waals surface area contributed by atoms with Gasteiger partial charge in [0.15, 0.2) is 0 Å². The number of carbonyl (C=O) groups excluding carboxylic acids is 1. The Morgan fingerprint density at radius 3 is 2.84 bits per heavy atom. The van der Waals surface area contributed by atoms with Gasteiger partial charge in [-0.2, -0.15) is 0 Å². The molecule has 1 aliphatic heterocycles. The van der Waals surface area contributed by atoms with Crippen molar-refractivity contribution >= 4 is 46.1 Å². The van der Waals surface area contributed by atoms with E-state index in [0.29, 0.717) is 11.4 Å². The van der Waals surface area contributed by atoms with Crippen LogP contribution < -0.4 is 4.90 Å². The summed E-state index contributed by atoms with van der Waals surface area (Å²) in [4.78, 5) is 14.3. The fourth-order valence-electron chi connectivity index (χ4n) is 2.29. The van der Waals surface area contributed by atoms with Gasteiger partial charge in [0.05, 0.1) is 16.8 Å². The van der Waals surface area contributed by atoms with E-state index in [4.69, 9.17) is 23.2 Å². The lowest BCUT2D eigenvalue weighted by Gasteiger charge is -2.13. The zero-order chi connectivity index (χ0) is 13.6. The maximum atomic E-state index is 11.7. The molecule has 0 N–H and O–H groups in total. The van der Waals surface area contributed by atoms with Gasteiger partial charge in [0.25, 0.3) is 0 Å². The standard InChI is InChI=1S/C14H11Cl2NOS/c1-17-11-3-2-8(6-9(11)7-12(17)18)13(16)14-10(15)4-5-19-14/h2-6,13H,7H2,1H3. The minimum absolute atomic E-state index is 0.118. The Morgan fingerprint density at radius 1 is 1.37 bits per heavy atom. The molecule has 5 heteroatoms. The first-order chi connectivity index (χ1) is 9.08. The number of thiophene rings is 1. The summed E-state index contributed by atoms with van der Waals surface area (Å²) < 4.78 is 0. The van der Waals surface area contributed by atoms with Crippen molar-refractivity contribution in [3.63, 3.8) is 0 Å². The molecule has 0 spiro atoms. The van der Waals surface area contributed by atoms with Crippen LogP contribution in [0.5, 0.6) is 0 Å². The highest BCUT2D eigenvalue weighted by atomic mass is 35.5. The molecule has 0 aliphatic carbocycles. The smallest absolute Gasteiger partial charge is 0.231 e. The van der Waals surface area contributed by atoms with Crippen molar-refractivity contribution in [1.82, 2.24) is 0 Å². The zero-order valence-electron chi connectivity index (χ0n) is 10.2. The molecule has 2 heterocycles. The summed E-state index contributed by atoms with van der Waals surface area (Å²) >= 11 is 14.1. The first kappa shape index (κ1) is 13.0. The second kappa shape index (κ2) is 4.82. The van der Waals surface area contributed by atoms with Crippen LogP contribution in [-0.4, -0.2) is 13.0 Å². The Morgan fingerprint density at radius 2 is 2.16 bits per heavy atom. The molecule has 0 bridgehead atoms. The number of amides is 1. The van der Waals surface area contributed by atoms with E-state index in [1.807, 2.05) is 29.6 Å². The molecule has 1 aromatic heterocycles. The van der Waals surface area contributed by atoms with Crippen LogP contribution in [0.15, 0.2) is 29.6 Å². The predicted octanol–water partition coefficient (Wildman–Crippen LogP) is 4.25. The molecule has 1 aromatic carbocycles. The molecular formula is C14H11Cl2NOS. The third-order valence-electron chi connectivity index (χ3n) is 3.35. The van der Waals surface area contributed by atoms with Gasteiger partial charge in [-0.25, -0.2) is 0 Å². The minimum Gasteiger partial charge on any atom is -0.315 e. The molecule has 1 amide bonds. The molecule has 3 rings (SSSR count). The van der Waals surface area contributed by atoms with Gasteiger partial charge < -0.3 is 4.90 Å². The molecule has 0 saturated carbocycles. The Kier molecular flexibility index (Phi) is 3.29. The third kappa shape index (κ3) is 2.16. The van der Waals surface area contributed by atoms with E-state index in [-0.39, 0.29) is 11.3 Å². The molecular weight excluding hydrogens is 301 g/mol. The number of alkyl halides is 1. The van der Waals surface area contributed by atoms with Gasteiger partial charge >= 0.3 is 0 Å². The number of likely N-dealkylation sites (N-methyl/N-ethyl adjacent to an activating group) is 1. The number of fused-ring (bicyclic) bond motifs is 1. The number of rotatable bonds is 2. The number of hydrogen-bond donors (Lipinski definition) is 0. The number of halogens is 2. The zero-order valence-corrected chi connectivity index (χ0v) is 12.5. The van der Waals surface area contributed by atoms with Crippen LogP contribution in [0, 0.1) is 0 Å². The van der Waals surface area contributed by atoms with Gasteiger partial charge in [-0.05, 0) is 28.6 Å². The van der Waals surface area contributed by atoms with Gasteiger partial charge in [0.2, 0.25) is 5.91 Å². The second-order valence-electron chi connectivity index (χ2n) is 4.51. The summed E-state index contributed by atoms with van der Waals surface area (Å²) in [6.45, 7) is 0. The van der Waals surface area contributed by atoms with E-state index in [9.17, 15) is 4.79 Å². The molecule has 98 valence electrons. The molecule has 19 heavy (non-hydrogen) atoms. The van der Waals surface area contributed by atoms with Crippen LogP contribution in [0.25, 0.3) is 0 Å². The Labute approximate surface area is 125 Å². The highest BCUT2D eigenvalue weighted by molar-refractivity contribution is 7.11. The Bertz CT molecular complexity index is 653. The van der Waals surface area contributed by atoms with Gasteiger partial charge in [0.1, 0.15) is 0 Å². The topological polar surface area (TPSA) is 20.3 Å². The van der Waals surface area contributed by atoms with Gasteiger partial charge in [0, 0.05) is 17.6 Å². The van der Waals surface area contributed by atoms with E-state index < -0.39 is 0 Å². The molecule has 2 nitrogen and oxygen atoms in total. The lowest BCUT2D eigenvalue weighted by atomic mass is 10.0. The monoisotopic (exact) mass is 311 g/mol. The van der Waals surface area contributed by atoms with Crippen molar-refractivity contribution in [2.75, 3.05) is 11.9 Å². The highest BCUT2D eigenvalue weighted by Gasteiger charge is 2.25. The second-order valence-corrected chi connectivity index (χ2v) is 6.30. The third-order valence-corrected chi connectivity index (χ3v) is 5.37. The Hall–Kier alpha value is -1.03. The number of benzene rings is 1. The van der Waals surface area contributed by atoms with Crippen LogP contribution in [0.1, 0.15) is 21.4 Å². The van der Waals surface area contributed by atoms with Crippen molar-refractivity contribution in [2.24, 2.45) is 0 Å². The summed E-state index contributed by atoms with van der Waals surface area (Å²) in [6, 6.07) is 7.76. The molecule has 1 unspecified atom stereocenters. The summed E-state index contributed by atoms with van der Waals surface area (Å²) in [5.41, 5.74) is 2.98. The van der Waals surface area contributed by atoms with Crippen molar-refractivity contribution in [3.8, 4) is 0 Å². The lowest BCUT2D eigenvalue weighted by molar-refractivity contribution is -0.117. The number of carbonyl (C=O) groups is 1. The predicted molar refractivity (Wildman–Crippen MR) is 80.6 cm³/mol. The molecule has 0 fully saturated rings. The SMILES string of the molecule is CN1C(=O)Cc2cc(C(Cl)c3sccc3Cl)ccc21. The highest BCUT2D eigenvalue weighted by Crippen LogP contribution is 2.39. The van der Waals surface area contributed by atoms with Crippen LogP contribution in [0.3, 0.4) is 0 Å². The van der Waals surface area contributed by atoms with Crippen LogP contribution in [0.4, 0.5) is 5.69 Å². The molecule has 0 saturated heterocycles.